The molecular weight excluding hydrogens is 398 g/mol. The molecule has 0 aliphatic carbocycles. The highest BCUT2D eigenvalue weighted by Crippen LogP contribution is 2.37. The summed E-state index contributed by atoms with van der Waals surface area (Å²) in [6.45, 7) is 1.64. The summed E-state index contributed by atoms with van der Waals surface area (Å²) in [5, 5.41) is 7.10. The maximum atomic E-state index is 11.4. The molecular formula is C19H18ClN5O2S. The Balaban J connectivity index is 1.72. The van der Waals surface area contributed by atoms with Gasteiger partial charge in [-0.3, -0.25) is 9.71 Å². The summed E-state index contributed by atoms with van der Waals surface area (Å²) >= 11 is 6.41. The predicted octanol–water partition coefficient (Wildman–Crippen LogP) is 3.67. The number of fused-ring (bicyclic) bond motifs is 1. The van der Waals surface area contributed by atoms with Crippen molar-refractivity contribution in [2.45, 2.75) is 0 Å². The molecule has 0 spiro atoms. The van der Waals surface area contributed by atoms with Gasteiger partial charge in [-0.25, -0.2) is 13.4 Å². The first-order valence-electron chi connectivity index (χ1n) is 8.60. The van der Waals surface area contributed by atoms with Crippen molar-refractivity contribution >= 4 is 38.8 Å². The Morgan fingerprint density at radius 2 is 1.79 bits per heavy atom. The Labute approximate surface area is 168 Å². The molecule has 28 heavy (non-hydrogen) atoms. The van der Waals surface area contributed by atoms with Gasteiger partial charge in [-0.05, 0) is 24.3 Å². The van der Waals surface area contributed by atoms with Gasteiger partial charge >= 0.3 is 0 Å². The Morgan fingerprint density at radius 1 is 1.04 bits per heavy atom. The Kier molecular flexibility index (Phi) is 4.82. The van der Waals surface area contributed by atoms with Crippen molar-refractivity contribution in [3.05, 3.63) is 53.9 Å². The lowest BCUT2D eigenvalue weighted by Gasteiger charge is -2.21. The number of pyridine rings is 2. The van der Waals surface area contributed by atoms with E-state index >= 15 is 0 Å². The van der Waals surface area contributed by atoms with Gasteiger partial charge in [0.05, 0.1) is 17.0 Å². The Bertz CT molecular complexity index is 1150. The van der Waals surface area contributed by atoms with Crippen LogP contribution in [0.1, 0.15) is 0 Å². The van der Waals surface area contributed by atoms with Gasteiger partial charge in [0.25, 0.3) is 0 Å². The third-order valence-corrected chi connectivity index (χ3v) is 5.22. The molecule has 1 aromatic carbocycles. The van der Waals surface area contributed by atoms with E-state index in [-0.39, 0.29) is 0 Å². The van der Waals surface area contributed by atoms with Gasteiger partial charge in [-0.15, -0.1) is 0 Å². The van der Waals surface area contributed by atoms with Crippen LogP contribution < -0.4 is 15.4 Å². The van der Waals surface area contributed by atoms with Crippen LogP contribution >= 0.6 is 11.6 Å². The first-order chi connectivity index (χ1) is 13.4. The van der Waals surface area contributed by atoms with Crippen molar-refractivity contribution in [2.75, 3.05) is 34.7 Å². The fraction of sp³-hybridized carbons (Fsp3) is 0.158. The zero-order chi connectivity index (χ0) is 19.7. The van der Waals surface area contributed by atoms with Crippen LogP contribution in [0.2, 0.25) is 5.02 Å². The number of halogens is 1. The molecule has 2 aromatic heterocycles. The first kappa shape index (κ1) is 18.5. The molecule has 3 heterocycles. The standard InChI is InChI=1S/C19H18ClN5O2S/c1-28(26,27)25-14-2-3-15(17(20)9-14)12-8-13(11-21-10-12)16-4-5-23-19-18(16)22-6-7-24-19/h2-5,8-11,22,25H,6-7H2,1H3,(H,23,24). The molecule has 7 nitrogen and oxygen atoms in total. The third-order valence-electron chi connectivity index (χ3n) is 4.30. The number of nitrogens with one attached hydrogen (secondary N) is 3. The molecule has 9 heteroatoms. The monoisotopic (exact) mass is 415 g/mol. The summed E-state index contributed by atoms with van der Waals surface area (Å²) in [7, 11) is -3.36. The number of hydrogen-bond acceptors (Lipinski definition) is 6. The third kappa shape index (κ3) is 3.88. The van der Waals surface area contributed by atoms with E-state index in [1.165, 1.54) is 0 Å². The zero-order valence-electron chi connectivity index (χ0n) is 15.0. The van der Waals surface area contributed by atoms with Crippen molar-refractivity contribution in [3.8, 4) is 22.3 Å². The van der Waals surface area contributed by atoms with Gasteiger partial charge < -0.3 is 10.6 Å². The van der Waals surface area contributed by atoms with Gasteiger partial charge in [0.1, 0.15) is 5.82 Å². The highest BCUT2D eigenvalue weighted by molar-refractivity contribution is 7.92. The van der Waals surface area contributed by atoms with Gasteiger partial charge in [0.15, 0.2) is 0 Å². The summed E-state index contributed by atoms with van der Waals surface area (Å²) in [6, 6.07) is 8.99. The lowest BCUT2D eigenvalue weighted by atomic mass is 10.0. The topological polar surface area (TPSA) is 96.0 Å². The van der Waals surface area contributed by atoms with Gasteiger partial charge in [-0.2, -0.15) is 0 Å². The molecule has 0 unspecified atom stereocenters. The molecule has 4 rings (SSSR count). The number of aromatic nitrogens is 2. The molecule has 0 radical (unpaired) electrons. The largest absolute Gasteiger partial charge is 0.380 e. The summed E-state index contributed by atoms with van der Waals surface area (Å²) in [4.78, 5) is 8.74. The van der Waals surface area contributed by atoms with E-state index in [1.54, 1.807) is 36.8 Å². The van der Waals surface area contributed by atoms with Crippen LogP contribution in [0.25, 0.3) is 22.3 Å². The normalized spacial score (nSPS) is 13.2. The van der Waals surface area contributed by atoms with Crippen LogP contribution in [-0.2, 0) is 10.0 Å². The molecule has 1 aliphatic rings. The Hall–Kier alpha value is -2.84. The van der Waals surface area contributed by atoms with E-state index in [0.29, 0.717) is 10.7 Å². The quantitative estimate of drug-likeness (QED) is 0.601. The maximum absolute atomic E-state index is 11.4. The summed E-state index contributed by atoms with van der Waals surface area (Å²) in [6.07, 6.45) is 6.39. The average Bonchev–Trinajstić information content (AvgIpc) is 2.66. The first-order valence-corrected chi connectivity index (χ1v) is 10.9. The number of anilines is 3. The van der Waals surface area contributed by atoms with Crippen LogP contribution in [-0.4, -0.2) is 37.7 Å². The van der Waals surface area contributed by atoms with E-state index in [1.807, 2.05) is 12.1 Å². The minimum Gasteiger partial charge on any atom is -0.380 e. The minimum atomic E-state index is -3.36. The lowest BCUT2D eigenvalue weighted by Crippen LogP contribution is -2.21. The number of benzene rings is 1. The van der Waals surface area contributed by atoms with Crippen molar-refractivity contribution < 1.29 is 8.42 Å². The smallest absolute Gasteiger partial charge is 0.229 e. The second-order valence-corrected chi connectivity index (χ2v) is 8.62. The van der Waals surface area contributed by atoms with Crippen LogP contribution in [0.4, 0.5) is 17.2 Å². The number of sulfonamides is 1. The van der Waals surface area contributed by atoms with Crippen molar-refractivity contribution in [3.63, 3.8) is 0 Å². The summed E-state index contributed by atoms with van der Waals surface area (Å²) in [5.41, 5.74) is 4.90. The number of nitrogens with zero attached hydrogens (tertiary/aromatic N) is 2. The fourth-order valence-electron chi connectivity index (χ4n) is 3.15. The second kappa shape index (κ2) is 7.29. The molecule has 3 N–H and O–H groups in total. The summed E-state index contributed by atoms with van der Waals surface area (Å²) < 4.78 is 25.2. The molecule has 3 aromatic rings. The van der Waals surface area contributed by atoms with E-state index in [4.69, 9.17) is 11.6 Å². The highest BCUT2D eigenvalue weighted by Gasteiger charge is 2.16. The van der Waals surface area contributed by atoms with Crippen LogP contribution in [0.3, 0.4) is 0 Å². The van der Waals surface area contributed by atoms with E-state index < -0.39 is 10.0 Å². The average molecular weight is 416 g/mol. The van der Waals surface area contributed by atoms with Crippen LogP contribution in [0.5, 0.6) is 0 Å². The lowest BCUT2D eigenvalue weighted by molar-refractivity contribution is 0.607. The van der Waals surface area contributed by atoms with Crippen LogP contribution in [0.15, 0.2) is 48.9 Å². The van der Waals surface area contributed by atoms with Gasteiger partial charge in [0.2, 0.25) is 10.0 Å². The second-order valence-electron chi connectivity index (χ2n) is 6.47. The molecule has 0 saturated carbocycles. The molecule has 0 bridgehead atoms. The predicted molar refractivity (Wildman–Crippen MR) is 113 cm³/mol. The summed E-state index contributed by atoms with van der Waals surface area (Å²) in [5.74, 6) is 0.823. The van der Waals surface area contributed by atoms with Crippen molar-refractivity contribution in [1.82, 2.24) is 9.97 Å². The maximum Gasteiger partial charge on any atom is 0.229 e. The van der Waals surface area contributed by atoms with Gasteiger partial charge in [0, 0.05) is 59.6 Å². The Morgan fingerprint density at radius 3 is 2.54 bits per heavy atom. The van der Waals surface area contributed by atoms with E-state index in [2.05, 4.69) is 25.3 Å². The fourth-order valence-corrected chi connectivity index (χ4v) is 3.99. The molecule has 0 atom stereocenters. The van der Waals surface area contributed by atoms with Crippen molar-refractivity contribution in [2.24, 2.45) is 0 Å². The SMILES string of the molecule is CS(=O)(=O)Nc1ccc(-c2cncc(-c3ccnc4c3NCCN4)c2)c(Cl)c1. The minimum absolute atomic E-state index is 0.416. The van der Waals surface area contributed by atoms with Crippen LogP contribution in [0, 0.1) is 0 Å². The molecule has 1 aliphatic heterocycles. The highest BCUT2D eigenvalue weighted by atomic mass is 35.5. The number of hydrogen-bond donors (Lipinski definition) is 3. The van der Waals surface area contributed by atoms with Crippen molar-refractivity contribution in [1.29, 1.82) is 0 Å². The van der Waals surface area contributed by atoms with E-state index in [0.717, 1.165) is 53.1 Å². The van der Waals surface area contributed by atoms with E-state index in [9.17, 15) is 8.42 Å². The molecule has 0 fully saturated rings. The molecule has 0 saturated heterocycles. The number of rotatable bonds is 4. The van der Waals surface area contributed by atoms with Gasteiger partial charge in [-0.1, -0.05) is 17.7 Å². The zero-order valence-corrected chi connectivity index (χ0v) is 16.6. The molecule has 144 valence electrons. The molecule has 0 amide bonds.